The quantitative estimate of drug-likeness (QED) is 0.614. The first-order chi connectivity index (χ1) is 7.97. The topological polar surface area (TPSA) is 0 Å². The van der Waals surface area contributed by atoms with Gasteiger partial charge in [0.25, 0.3) is 0 Å². The van der Waals surface area contributed by atoms with Gasteiger partial charge in [-0.05, 0) is 53.9 Å². The normalized spacial score (nSPS) is 12.8. The zero-order chi connectivity index (χ0) is 12.6. The first-order valence-electron chi connectivity index (χ1n) is 5.45. The van der Waals surface area contributed by atoms with E-state index >= 15 is 0 Å². The van der Waals surface area contributed by atoms with Crippen molar-refractivity contribution in [1.82, 2.24) is 0 Å². The molecule has 0 bridgehead atoms. The molecule has 1 unspecified atom stereocenters. The lowest BCUT2D eigenvalue weighted by Crippen LogP contribution is -1.92. The molecule has 1 aromatic heterocycles. The Hall–Kier alpha value is -0.310. The number of halogens is 2. The Balaban J connectivity index is 2.39. The Morgan fingerprint density at radius 2 is 1.65 bits per heavy atom. The van der Waals surface area contributed by atoms with E-state index in [-0.39, 0.29) is 5.38 Å². The fraction of sp³-hybridized carbons (Fsp3) is 0.286. The third kappa shape index (κ3) is 2.93. The summed E-state index contributed by atoms with van der Waals surface area (Å²) in [6.07, 6.45) is 0. The number of aryl methyl sites for hydroxylation is 3. The van der Waals surface area contributed by atoms with Gasteiger partial charge in [0.1, 0.15) is 0 Å². The second-order valence-electron chi connectivity index (χ2n) is 4.39. The molecular formula is C14H14BrClS. The van der Waals surface area contributed by atoms with Gasteiger partial charge in [0, 0.05) is 4.88 Å². The van der Waals surface area contributed by atoms with Crippen LogP contribution in [0.25, 0.3) is 0 Å². The summed E-state index contributed by atoms with van der Waals surface area (Å²) in [7, 11) is 0. The lowest BCUT2D eigenvalue weighted by Gasteiger charge is -2.10. The minimum absolute atomic E-state index is 0.0522. The first-order valence-corrected chi connectivity index (χ1v) is 7.50. The molecule has 1 atom stereocenters. The average molecular weight is 330 g/mol. The fourth-order valence-electron chi connectivity index (χ4n) is 1.93. The molecule has 17 heavy (non-hydrogen) atoms. The summed E-state index contributed by atoms with van der Waals surface area (Å²) >= 11 is 11.8. The van der Waals surface area contributed by atoms with Crippen LogP contribution in [-0.4, -0.2) is 0 Å². The first kappa shape index (κ1) is 13.1. The van der Waals surface area contributed by atoms with E-state index in [2.05, 4.69) is 61.0 Å². The lowest BCUT2D eigenvalue weighted by atomic mass is 10.0. The van der Waals surface area contributed by atoms with Gasteiger partial charge in [0.05, 0.1) is 9.16 Å². The van der Waals surface area contributed by atoms with Gasteiger partial charge in [0.2, 0.25) is 0 Å². The second kappa shape index (κ2) is 5.13. The zero-order valence-electron chi connectivity index (χ0n) is 10.1. The lowest BCUT2D eigenvalue weighted by molar-refractivity contribution is 1.15. The van der Waals surface area contributed by atoms with E-state index in [1.165, 1.54) is 30.9 Å². The minimum Gasteiger partial charge on any atom is -0.131 e. The van der Waals surface area contributed by atoms with Gasteiger partial charge >= 0.3 is 0 Å². The highest BCUT2D eigenvalue weighted by molar-refractivity contribution is 9.11. The molecule has 0 saturated heterocycles. The van der Waals surface area contributed by atoms with Gasteiger partial charge in [-0.1, -0.05) is 29.3 Å². The van der Waals surface area contributed by atoms with Crippen LogP contribution in [0.2, 0.25) is 0 Å². The third-order valence-electron chi connectivity index (χ3n) is 2.66. The molecule has 3 heteroatoms. The van der Waals surface area contributed by atoms with E-state index in [4.69, 9.17) is 11.6 Å². The molecular weight excluding hydrogens is 316 g/mol. The summed E-state index contributed by atoms with van der Waals surface area (Å²) in [5, 5.41) is -0.0522. The Morgan fingerprint density at radius 3 is 2.12 bits per heavy atom. The Labute approximate surface area is 120 Å². The van der Waals surface area contributed by atoms with Crippen molar-refractivity contribution in [2.24, 2.45) is 0 Å². The summed E-state index contributed by atoms with van der Waals surface area (Å²) in [5.41, 5.74) is 4.95. The highest BCUT2D eigenvalue weighted by Gasteiger charge is 2.15. The molecule has 0 nitrogen and oxygen atoms in total. The average Bonchev–Trinajstić information content (AvgIpc) is 2.57. The van der Waals surface area contributed by atoms with Crippen LogP contribution < -0.4 is 0 Å². The largest absolute Gasteiger partial charge is 0.131 e. The smallest absolute Gasteiger partial charge is 0.0928 e. The monoisotopic (exact) mass is 328 g/mol. The predicted octanol–water partition coefficient (Wildman–Crippen LogP) is 5.76. The molecule has 0 aliphatic heterocycles. The van der Waals surface area contributed by atoms with Gasteiger partial charge in [-0.3, -0.25) is 0 Å². The van der Waals surface area contributed by atoms with Crippen molar-refractivity contribution in [3.8, 4) is 0 Å². The number of hydrogen-bond donors (Lipinski definition) is 0. The summed E-state index contributed by atoms with van der Waals surface area (Å²) in [4.78, 5) is 1.20. The van der Waals surface area contributed by atoms with Crippen LogP contribution in [0.15, 0.2) is 28.1 Å². The maximum atomic E-state index is 6.55. The summed E-state index contributed by atoms with van der Waals surface area (Å²) in [6, 6.07) is 8.65. The van der Waals surface area contributed by atoms with Crippen molar-refractivity contribution in [3.63, 3.8) is 0 Å². The molecule has 1 heterocycles. The van der Waals surface area contributed by atoms with Crippen LogP contribution in [0.1, 0.15) is 32.5 Å². The maximum Gasteiger partial charge on any atom is 0.0928 e. The molecule has 0 N–H and O–H groups in total. The molecule has 0 saturated carbocycles. The Bertz CT molecular complexity index is 505. The van der Waals surface area contributed by atoms with Gasteiger partial charge in [-0.2, -0.15) is 0 Å². The van der Waals surface area contributed by atoms with E-state index in [0.29, 0.717) is 0 Å². The Kier molecular flexibility index (Phi) is 3.96. The third-order valence-corrected chi connectivity index (χ3v) is 5.48. The van der Waals surface area contributed by atoms with E-state index in [1.54, 1.807) is 11.3 Å². The molecule has 90 valence electrons. The molecule has 0 aliphatic rings. The van der Waals surface area contributed by atoms with E-state index in [0.717, 1.165) is 0 Å². The van der Waals surface area contributed by atoms with Crippen LogP contribution in [0.5, 0.6) is 0 Å². The second-order valence-corrected chi connectivity index (χ2v) is 7.23. The van der Waals surface area contributed by atoms with Crippen LogP contribution in [-0.2, 0) is 0 Å². The standard InChI is InChI=1S/C14H14BrClS/c1-8-4-9(2)6-11(5-8)13(16)12-7-10(3)14(15)17-12/h4-7,13H,1-3H3. The zero-order valence-corrected chi connectivity index (χ0v) is 13.2. The molecule has 2 aromatic rings. The molecule has 1 aromatic carbocycles. The Morgan fingerprint density at radius 1 is 1.06 bits per heavy atom. The number of thiophene rings is 1. The van der Waals surface area contributed by atoms with E-state index in [9.17, 15) is 0 Å². The van der Waals surface area contributed by atoms with Gasteiger partial charge in [0.15, 0.2) is 0 Å². The highest BCUT2D eigenvalue weighted by atomic mass is 79.9. The van der Waals surface area contributed by atoms with Crippen LogP contribution in [0.3, 0.4) is 0 Å². The molecule has 0 spiro atoms. The number of rotatable bonds is 2. The van der Waals surface area contributed by atoms with Crippen molar-refractivity contribution >= 4 is 38.9 Å². The van der Waals surface area contributed by atoms with Crippen LogP contribution in [0, 0.1) is 20.8 Å². The molecule has 0 fully saturated rings. The van der Waals surface area contributed by atoms with Gasteiger partial charge in [-0.15, -0.1) is 22.9 Å². The summed E-state index contributed by atoms with van der Waals surface area (Å²) in [5.74, 6) is 0. The number of hydrogen-bond acceptors (Lipinski definition) is 1. The number of alkyl halides is 1. The maximum absolute atomic E-state index is 6.55. The highest BCUT2D eigenvalue weighted by Crippen LogP contribution is 2.38. The predicted molar refractivity (Wildman–Crippen MR) is 80.4 cm³/mol. The van der Waals surface area contributed by atoms with Crippen molar-refractivity contribution in [2.45, 2.75) is 26.1 Å². The molecule has 0 amide bonds. The van der Waals surface area contributed by atoms with Gasteiger partial charge in [-0.25, -0.2) is 0 Å². The van der Waals surface area contributed by atoms with Crippen LogP contribution in [0.4, 0.5) is 0 Å². The van der Waals surface area contributed by atoms with Crippen LogP contribution >= 0.6 is 38.9 Å². The van der Waals surface area contributed by atoms with Crippen molar-refractivity contribution in [1.29, 1.82) is 0 Å². The molecule has 2 rings (SSSR count). The van der Waals surface area contributed by atoms with Crippen molar-refractivity contribution in [3.05, 3.63) is 55.2 Å². The summed E-state index contributed by atoms with van der Waals surface area (Å²) < 4.78 is 1.17. The molecule has 0 aliphatic carbocycles. The van der Waals surface area contributed by atoms with Gasteiger partial charge < -0.3 is 0 Å². The summed E-state index contributed by atoms with van der Waals surface area (Å²) in [6.45, 7) is 6.31. The SMILES string of the molecule is Cc1cc(C)cc(C(Cl)c2cc(C)c(Br)s2)c1. The molecule has 0 radical (unpaired) electrons. The van der Waals surface area contributed by atoms with Crippen molar-refractivity contribution < 1.29 is 0 Å². The van der Waals surface area contributed by atoms with E-state index < -0.39 is 0 Å². The minimum atomic E-state index is -0.0522. The van der Waals surface area contributed by atoms with Crippen molar-refractivity contribution in [2.75, 3.05) is 0 Å². The number of benzene rings is 1. The van der Waals surface area contributed by atoms with E-state index in [1.807, 2.05) is 0 Å². The fourth-order valence-corrected chi connectivity index (χ4v) is 3.83.